The molecule has 0 radical (unpaired) electrons. The summed E-state index contributed by atoms with van der Waals surface area (Å²) in [5.74, 6) is 0.0210. The molecule has 0 aliphatic carbocycles. The molecule has 1 unspecified atom stereocenters. The maximum atomic E-state index is 12.6. The van der Waals surface area contributed by atoms with Crippen LogP contribution in [0, 0.1) is 5.92 Å². The molecular formula is C15H15F3O2S. The molecule has 21 heavy (non-hydrogen) atoms. The lowest BCUT2D eigenvalue weighted by Crippen LogP contribution is -2.18. The van der Waals surface area contributed by atoms with E-state index < -0.39 is 11.7 Å². The smallest absolute Gasteiger partial charge is 0.416 e. The summed E-state index contributed by atoms with van der Waals surface area (Å²) >= 11 is 1.58. The second-order valence-electron chi connectivity index (χ2n) is 4.67. The van der Waals surface area contributed by atoms with E-state index in [-0.39, 0.29) is 24.9 Å². The highest BCUT2D eigenvalue weighted by molar-refractivity contribution is 7.09. The van der Waals surface area contributed by atoms with Crippen molar-refractivity contribution in [2.24, 2.45) is 5.92 Å². The van der Waals surface area contributed by atoms with E-state index in [2.05, 4.69) is 0 Å². The Bertz CT molecular complexity index is 552. The van der Waals surface area contributed by atoms with Crippen molar-refractivity contribution in [1.29, 1.82) is 0 Å². The van der Waals surface area contributed by atoms with Crippen LogP contribution in [0.2, 0.25) is 0 Å². The van der Waals surface area contributed by atoms with Crippen LogP contribution in [0.3, 0.4) is 0 Å². The number of aliphatic hydroxyl groups excluding tert-OH is 1. The SMILES string of the molecule is OCC(COc1cccc(C(F)(F)F)c1)Cc1cccs1. The number of rotatable bonds is 6. The standard InChI is InChI=1S/C15H15F3O2S/c16-15(17,18)12-3-1-4-13(8-12)20-10-11(9-19)7-14-5-2-6-21-14/h1-6,8,11,19H,7,9-10H2. The number of hydrogen-bond acceptors (Lipinski definition) is 3. The average Bonchev–Trinajstić information content (AvgIpc) is 2.95. The van der Waals surface area contributed by atoms with Crippen molar-refractivity contribution in [2.75, 3.05) is 13.2 Å². The summed E-state index contributed by atoms with van der Waals surface area (Å²) in [7, 11) is 0. The van der Waals surface area contributed by atoms with Gasteiger partial charge in [0.2, 0.25) is 0 Å². The zero-order chi connectivity index (χ0) is 15.3. The number of aliphatic hydroxyl groups is 1. The van der Waals surface area contributed by atoms with E-state index in [1.807, 2.05) is 17.5 Å². The zero-order valence-electron chi connectivity index (χ0n) is 11.1. The van der Waals surface area contributed by atoms with Gasteiger partial charge in [0.1, 0.15) is 5.75 Å². The van der Waals surface area contributed by atoms with E-state index in [1.54, 1.807) is 11.3 Å². The van der Waals surface area contributed by atoms with Crippen molar-refractivity contribution in [3.05, 3.63) is 52.2 Å². The minimum absolute atomic E-state index is 0.0726. The lowest BCUT2D eigenvalue weighted by atomic mass is 10.1. The van der Waals surface area contributed by atoms with Crippen molar-refractivity contribution in [2.45, 2.75) is 12.6 Å². The fourth-order valence-corrected chi connectivity index (χ4v) is 2.69. The molecule has 0 amide bonds. The molecule has 1 aromatic heterocycles. The van der Waals surface area contributed by atoms with Gasteiger partial charge in [0.15, 0.2) is 0 Å². The lowest BCUT2D eigenvalue weighted by molar-refractivity contribution is -0.137. The van der Waals surface area contributed by atoms with Crippen LogP contribution in [-0.2, 0) is 12.6 Å². The van der Waals surface area contributed by atoms with Crippen molar-refractivity contribution in [3.8, 4) is 5.75 Å². The van der Waals surface area contributed by atoms with Crippen molar-refractivity contribution >= 4 is 11.3 Å². The largest absolute Gasteiger partial charge is 0.493 e. The van der Waals surface area contributed by atoms with Gasteiger partial charge in [-0.2, -0.15) is 13.2 Å². The summed E-state index contributed by atoms with van der Waals surface area (Å²) in [5.41, 5.74) is -0.737. The molecule has 2 nitrogen and oxygen atoms in total. The molecule has 1 N–H and O–H groups in total. The van der Waals surface area contributed by atoms with Gasteiger partial charge in [-0.1, -0.05) is 12.1 Å². The van der Waals surface area contributed by atoms with Gasteiger partial charge in [0, 0.05) is 17.4 Å². The average molecular weight is 316 g/mol. The molecule has 2 rings (SSSR count). The monoisotopic (exact) mass is 316 g/mol. The molecular weight excluding hydrogens is 301 g/mol. The Morgan fingerprint density at radius 2 is 2.00 bits per heavy atom. The van der Waals surface area contributed by atoms with Crippen LogP contribution in [0.5, 0.6) is 5.75 Å². The summed E-state index contributed by atoms with van der Waals surface area (Å²) in [5, 5.41) is 11.3. The Hall–Kier alpha value is -1.53. The van der Waals surface area contributed by atoms with Crippen LogP contribution in [0.4, 0.5) is 13.2 Å². The highest BCUT2D eigenvalue weighted by Crippen LogP contribution is 2.31. The minimum Gasteiger partial charge on any atom is -0.493 e. The minimum atomic E-state index is -4.38. The van der Waals surface area contributed by atoms with Gasteiger partial charge >= 0.3 is 6.18 Å². The molecule has 0 saturated carbocycles. The highest BCUT2D eigenvalue weighted by Gasteiger charge is 2.30. The molecule has 1 atom stereocenters. The van der Waals surface area contributed by atoms with E-state index in [1.165, 1.54) is 12.1 Å². The molecule has 0 aliphatic rings. The first-order valence-corrected chi connectivity index (χ1v) is 7.30. The fourth-order valence-electron chi connectivity index (χ4n) is 1.87. The number of hydrogen-bond donors (Lipinski definition) is 1. The molecule has 0 spiro atoms. The predicted octanol–water partition coefficient (Wildman–Crippen LogP) is 4.00. The van der Waals surface area contributed by atoms with Crippen LogP contribution in [0.25, 0.3) is 0 Å². The molecule has 1 heterocycles. The van der Waals surface area contributed by atoms with Gasteiger partial charge in [0.05, 0.1) is 12.2 Å². The molecule has 6 heteroatoms. The lowest BCUT2D eigenvalue weighted by Gasteiger charge is -2.15. The Balaban J connectivity index is 1.95. The Morgan fingerprint density at radius 1 is 1.19 bits per heavy atom. The second-order valence-corrected chi connectivity index (χ2v) is 5.70. The first-order chi connectivity index (χ1) is 9.99. The Labute approximate surface area is 124 Å². The zero-order valence-corrected chi connectivity index (χ0v) is 12.0. The van der Waals surface area contributed by atoms with E-state index in [0.717, 1.165) is 17.0 Å². The summed E-state index contributed by atoms with van der Waals surface area (Å²) in [4.78, 5) is 1.11. The van der Waals surface area contributed by atoms with E-state index >= 15 is 0 Å². The Morgan fingerprint density at radius 3 is 2.62 bits per heavy atom. The maximum Gasteiger partial charge on any atom is 0.416 e. The fraction of sp³-hybridized carbons (Fsp3) is 0.333. The molecule has 0 saturated heterocycles. The molecule has 2 aromatic rings. The maximum absolute atomic E-state index is 12.6. The van der Waals surface area contributed by atoms with Crippen LogP contribution < -0.4 is 4.74 Å². The summed E-state index contributed by atoms with van der Waals surface area (Å²) in [6.45, 7) is 0.104. The van der Waals surface area contributed by atoms with Crippen LogP contribution >= 0.6 is 11.3 Å². The number of alkyl halides is 3. The first-order valence-electron chi connectivity index (χ1n) is 6.42. The molecule has 114 valence electrons. The van der Waals surface area contributed by atoms with Crippen LogP contribution in [-0.4, -0.2) is 18.3 Å². The van der Waals surface area contributed by atoms with E-state index in [0.29, 0.717) is 6.42 Å². The quantitative estimate of drug-likeness (QED) is 0.873. The normalized spacial score (nSPS) is 13.1. The van der Waals surface area contributed by atoms with Gasteiger partial charge < -0.3 is 9.84 Å². The number of benzene rings is 1. The van der Waals surface area contributed by atoms with Gasteiger partial charge in [-0.15, -0.1) is 11.3 Å². The van der Waals surface area contributed by atoms with Crippen LogP contribution in [0.1, 0.15) is 10.4 Å². The third-order valence-electron chi connectivity index (χ3n) is 2.98. The first kappa shape index (κ1) is 15.9. The van der Waals surface area contributed by atoms with Gasteiger partial charge in [0.25, 0.3) is 0 Å². The predicted molar refractivity (Wildman–Crippen MR) is 75.5 cm³/mol. The summed E-state index contributed by atoms with van der Waals surface area (Å²) in [6.07, 6.45) is -3.74. The highest BCUT2D eigenvalue weighted by atomic mass is 32.1. The third kappa shape index (κ3) is 4.75. The van der Waals surface area contributed by atoms with Crippen LogP contribution in [0.15, 0.2) is 41.8 Å². The van der Waals surface area contributed by atoms with Crippen molar-refractivity contribution in [3.63, 3.8) is 0 Å². The summed E-state index contributed by atoms with van der Waals surface area (Å²) < 4.78 is 43.2. The number of thiophene rings is 1. The van der Waals surface area contributed by atoms with E-state index in [4.69, 9.17) is 4.74 Å². The van der Waals surface area contributed by atoms with Gasteiger partial charge in [-0.25, -0.2) is 0 Å². The molecule has 0 aliphatic heterocycles. The van der Waals surface area contributed by atoms with Gasteiger partial charge in [-0.05, 0) is 36.1 Å². The Kier molecular flexibility index (Phi) is 5.25. The summed E-state index contributed by atoms with van der Waals surface area (Å²) in [6, 6.07) is 8.64. The molecule has 0 fully saturated rings. The number of ether oxygens (including phenoxy) is 1. The van der Waals surface area contributed by atoms with E-state index in [9.17, 15) is 18.3 Å². The third-order valence-corrected chi connectivity index (χ3v) is 3.87. The molecule has 0 bridgehead atoms. The van der Waals surface area contributed by atoms with Crippen molar-refractivity contribution in [1.82, 2.24) is 0 Å². The van der Waals surface area contributed by atoms with Gasteiger partial charge in [-0.3, -0.25) is 0 Å². The van der Waals surface area contributed by atoms with Crippen molar-refractivity contribution < 1.29 is 23.0 Å². The second kappa shape index (κ2) is 6.95. The topological polar surface area (TPSA) is 29.5 Å². The molecule has 1 aromatic carbocycles. The number of halogens is 3.